The van der Waals surface area contributed by atoms with E-state index in [0.717, 1.165) is 38.1 Å². The number of carbonyl (C=O) groups is 2. The summed E-state index contributed by atoms with van der Waals surface area (Å²) in [7, 11) is 1.50. The van der Waals surface area contributed by atoms with Crippen molar-refractivity contribution in [3.8, 4) is 0 Å². The third kappa shape index (κ3) is 8.28. The number of para-hydroxylation sites is 1. The van der Waals surface area contributed by atoms with Crippen LogP contribution >= 0.6 is 0 Å². The minimum atomic E-state index is -0.759. The van der Waals surface area contributed by atoms with Crippen LogP contribution in [0.25, 0.3) is 16.5 Å². The Labute approximate surface area is 326 Å². The van der Waals surface area contributed by atoms with Crippen LogP contribution in [0, 0.1) is 0 Å². The minimum Gasteiger partial charge on any atom is -0.374 e. The van der Waals surface area contributed by atoms with Gasteiger partial charge in [0.25, 0.3) is 11.8 Å². The van der Waals surface area contributed by atoms with E-state index >= 15 is 0 Å². The average molecular weight is 749 g/mol. The molecule has 3 heterocycles. The van der Waals surface area contributed by atoms with E-state index in [9.17, 15) is 9.59 Å². The lowest BCUT2D eigenvalue weighted by Gasteiger charge is -2.46. The van der Waals surface area contributed by atoms with Gasteiger partial charge in [-0.3, -0.25) is 14.5 Å². The van der Waals surface area contributed by atoms with Gasteiger partial charge in [0.15, 0.2) is 6.23 Å². The lowest BCUT2D eigenvalue weighted by molar-refractivity contribution is -0.289. The van der Waals surface area contributed by atoms with Crippen molar-refractivity contribution in [1.29, 1.82) is 0 Å². The topological polar surface area (TPSA) is 88.5 Å². The number of likely N-dealkylation sites (N-methyl/N-ethyl adjacent to an activating group) is 1. The number of fused-ring (bicyclic) bond motifs is 1. The van der Waals surface area contributed by atoms with Gasteiger partial charge in [-0.2, -0.15) is 0 Å². The Kier molecular flexibility index (Phi) is 11.6. The minimum absolute atomic E-state index is 0.205. The summed E-state index contributed by atoms with van der Waals surface area (Å²) in [6, 6.07) is 47.9. The number of imide groups is 1. The Morgan fingerprint density at radius 3 is 1.59 bits per heavy atom. The van der Waals surface area contributed by atoms with Crippen molar-refractivity contribution in [2.45, 2.75) is 57.1 Å². The molecule has 56 heavy (non-hydrogen) atoms. The Hall–Kier alpha value is -5.68. The molecule has 9 heteroatoms. The third-order valence-electron chi connectivity index (χ3n) is 10.3. The summed E-state index contributed by atoms with van der Waals surface area (Å²) in [5.41, 5.74) is 5.82. The van der Waals surface area contributed by atoms with Gasteiger partial charge in [-0.05, 0) is 28.3 Å². The van der Waals surface area contributed by atoms with E-state index in [4.69, 9.17) is 23.7 Å². The molecule has 2 amide bonds. The molecule has 0 saturated carbocycles. The molecule has 1 saturated heterocycles. The molecule has 2 aliphatic heterocycles. The smallest absolute Gasteiger partial charge is 0.261 e. The van der Waals surface area contributed by atoms with E-state index in [1.54, 1.807) is 0 Å². The Bertz CT molecular complexity index is 2260. The predicted octanol–water partition coefficient (Wildman–Crippen LogP) is 7.89. The molecule has 8 rings (SSSR count). The van der Waals surface area contributed by atoms with Crippen LogP contribution in [0.3, 0.4) is 0 Å². The maximum Gasteiger partial charge on any atom is 0.261 e. The second-order valence-corrected chi connectivity index (χ2v) is 14.1. The standard InChI is InChI=1S/C47H44N2O7/c1-48-42(50)26-38(46(48)51)39-27-49(40-25-15-14-24-37(39)40)47-45(55-31-36-22-12-5-13-23-36)44(54-30-35-20-10-4-11-21-35)43(53-29-34-18-8-3-9-19-34)41(56-47)32-52-28-33-16-6-2-7-17-33/h2-27,41,43-45,47H,28-32H2,1H3/t41-,43-,44+,45-,47-/m1/s1. The van der Waals surface area contributed by atoms with E-state index in [1.165, 1.54) is 13.1 Å². The van der Waals surface area contributed by atoms with Gasteiger partial charge in [0.05, 0.1) is 44.1 Å². The van der Waals surface area contributed by atoms with Gasteiger partial charge in [-0.15, -0.1) is 0 Å². The maximum absolute atomic E-state index is 13.4. The van der Waals surface area contributed by atoms with Gasteiger partial charge in [-0.25, -0.2) is 0 Å². The van der Waals surface area contributed by atoms with Crippen LogP contribution in [0.5, 0.6) is 0 Å². The molecule has 5 atom stereocenters. The Morgan fingerprint density at radius 2 is 1.05 bits per heavy atom. The molecule has 0 radical (unpaired) electrons. The molecule has 1 aromatic heterocycles. The fourth-order valence-electron chi connectivity index (χ4n) is 7.37. The highest BCUT2D eigenvalue weighted by atomic mass is 16.6. The molecule has 6 aromatic rings. The molecule has 5 aromatic carbocycles. The molecule has 0 spiro atoms. The van der Waals surface area contributed by atoms with Crippen molar-refractivity contribution in [3.05, 3.63) is 186 Å². The van der Waals surface area contributed by atoms with Gasteiger partial charge in [0.1, 0.15) is 24.4 Å². The second kappa shape index (κ2) is 17.4. The molecule has 0 bridgehead atoms. The van der Waals surface area contributed by atoms with E-state index in [0.29, 0.717) is 31.0 Å². The monoisotopic (exact) mass is 748 g/mol. The van der Waals surface area contributed by atoms with Crippen LogP contribution < -0.4 is 0 Å². The van der Waals surface area contributed by atoms with E-state index < -0.39 is 30.6 Å². The summed E-state index contributed by atoms with van der Waals surface area (Å²) in [5.74, 6) is -0.715. The number of benzene rings is 5. The molecule has 284 valence electrons. The zero-order chi connectivity index (χ0) is 38.3. The van der Waals surface area contributed by atoms with Crippen molar-refractivity contribution in [2.75, 3.05) is 13.7 Å². The largest absolute Gasteiger partial charge is 0.374 e. The fourth-order valence-corrected chi connectivity index (χ4v) is 7.37. The number of nitrogens with zero attached hydrogens (tertiary/aromatic N) is 2. The predicted molar refractivity (Wildman–Crippen MR) is 213 cm³/mol. The van der Waals surface area contributed by atoms with Gasteiger partial charge in [0.2, 0.25) is 0 Å². The zero-order valence-corrected chi connectivity index (χ0v) is 31.2. The first-order valence-corrected chi connectivity index (χ1v) is 18.9. The molecular formula is C47H44N2O7. The van der Waals surface area contributed by atoms with Crippen molar-refractivity contribution in [3.63, 3.8) is 0 Å². The highest BCUT2D eigenvalue weighted by Gasteiger charge is 2.50. The van der Waals surface area contributed by atoms with Crippen LogP contribution in [0.15, 0.2) is 158 Å². The summed E-state index contributed by atoms with van der Waals surface area (Å²) in [6.45, 7) is 1.50. The number of carbonyl (C=O) groups excluding carboxylic acids is 2. The summed E-state index contributed by atoms with van der Waals surface area (Å²) >= 11 is 0. The Morgan fingerprint density at radius 1 is 0.571 bits per heavy atom. The molecule has 2 aliphatic rings. The van der Waals surface area contributed by atoms with Gasteiger partial charge in [-0.1, -0.05) is 140 Å². The Balaban J connectivity index is 1.22. The number of hydrogen-bond donors (Lipinski definition) is 0. The lowest BCUT2D eigenvalue weighted by Crippen LogP contribution is -2.59. The average Bonchev–Trinajstić information content (AvgIpc) is 3.75. The van der Waals surface area contributed by atoms with Gasteiger partial charge in [0, 0.05) is 30.3 Å². The fraction of sp³-hybridized carbons (Fsp3) is 0.234. The summed E-state index contributed by atoms with van der Waals surface area (Å²) in [6.07, 6.45) is -0.0222. The molecule has 0 N–H and O–H groups in total. The zero-order valence-electron chi connectivity index (χ0n) is 31.2. The highest BCUT2D eigenvalue weighted by Crippen LogP contribution is 2.40. The second-order valence-electron chi connectivity index (χ2n) is 14.1. The van der Waals surface area contributed by atoms with Crippen molar-refractivity contribution >= 4 is 28.3 Å². The van der Waals surface area contributed by atoms with Crippen LogP contribution in [0.1, 0.15) is 34.0 Å². The van der Waals surface area contributed by atoms with Crippen molar-refractivity contribution in [2.24, 2.45) is 0 Å². The number of amides is 2. The van der Waals surface area contributed by atoms with Crippen molar-refractivity contribution < 1.29 is 33.3 Å². The van der Waals surface area contributed by atoms with Crippen LogP contribution in [-0.2, 0) is 59.7 Å². The van der Waals surface area contributed by atoms with Crippen molar-refractivity contribution in [1.82, 2.24) is 9.47 Å². The first kappa shape index (κ1) is 37.3. The number of hydrogen-bond acceptors (Lipinski definition) is 7. The highest BCUT2D eigenvalue weighted by molar-refractivity contribution is 6.34. The normalized spacial score (nSPS) is 21.1. The first-order valence-electron chi connectivity index (χ1n) is 18.9. The maximum atomic E-state index is 13.4. The van der Waals surface area contributed by atoms with Crippen LogP contribution in [0.4, 0.5) is 0 Å². The van der Waals surface area contributed by atoms with E-state index in [1.807, 2.05) is 156 Å². The van der Waals surface area contributed by atoms with Gasteiger partial charge >= 0.3 is 0 Å². The lowest BCUT2D eigenvalue weighted by atomic mass is 9.96. The number of ether oxygens (including phenoxy) is 5. The summed E-state index contributed by atoms with van der Waals surface area (Å²) in [4.78, 5) is 27.2. The molecule has 1 fully saturated rings. The summed E-state index contributed by atoms with van der Waals surface area (Å²) in [5, 5.41) is 0.807. The molecule has 9 nitrogen and oxygen atoms in total. The van der Waals surface area contributed by atoms with E-state index in [2.05, 4.69) is 0 Å². The van der Waals surface area contributed by atoms with Crippen LogP contribution in [0.2, 0.25) is 0 Å². The number of aromatic nitrogens is 1. The first-order chi connectivity index (χ1) is 27.5. The molecule has 0 aliphatic carbocycles. The quantitative estimate of drug-likeness (QED) is 0.0988. The number of rotatable bonds is 15. The SMILES string of the molecule is CN1C(=O)C=C(c2cn([C@@H]3O[C@H](COCc4ccccc4)[C@@H](OCc4ccccc4)[C@H](OCc4ccccc4)[C@H]3OCc3ccccc3)c3ccccc23)C1=O. The van der Waals surface area contributed by atoms with Gasteiger partial charge < -0.3 is 28.3 Å². The van der Waals surface area contributed by atoms with E-state index in [-0.39, 0.29) is 25.0 Å². The third-order valence-corrected chi connectivity index (χ3v) is 10.3. The van der Waals surface area contributed by atoms with Crippen LogP contribution in [-0.4, -0.2) is 59.4 Å². The molecule has 0 unspecified atom stereocenters. The molecular weight excluding hydrogens is 705 g/mol. The summed E-state index contributed by atoms with van der Waals surface area (Å²) < 4.78 is 36.3.